The van der Waals surface area contributed by atoms with Gasteiger partial charge in [-0.25, -0.2) is 4.39 Å². The summed E-state index contributed by atoms with van der Waals surface area (Å²) in [6.45, 7) is 2.27. The van der Waals surface area contributed by atoms with Gasteiger partial charge in [-0.3, -0.25) is 4.79 Å². The van der Waals surface area contributed by atoms with Crippen LogP contribution in [0, 0.1) is 5.82 Å². The summed E-state index contributed by atoms with van der Waals surface area (Å²) in [6, 6.07) is 3.10. The molecule has 1 amide bonds. The van der Waals surface area contributed by atoms with Gasteiger partial charge >= 0.3 is 0 Å². The van der Waals surface area contributed by atoms with Crippen molar-refractivity contribution in [3.63, 3.8) is 0 Å². The maximum absolute atomic E-state index is 13.0. The number of ether oxygens (including phenoxy) is 1. The van der Waals surface area contributed by atoms with E-state index in [-0.39, 0.29) is 17.4 Å². The highest BCUT2D eigenvalue weighted by Gasteiger charge is 2.15. The molecule has 1 atom stereocenters. The molecule has 0 saturated carbocycles. The van der Waals surface area contributed by atoms with Gasteiger partial charge in [-0.2, -0.15) is 0 Å². The van der Waals surface area contributed by atoms with Gasteiger partial charge in [-0.05, 0) is 24.6 Å². The molecule has 0 bridgehead atoms. The molecule has 17 heavy (non-hydrogen) atoms. The monoisotopic (exact) mass is 241 g/mol. The van der Waals surface area contributed by atoms with Crippen LogP contribution in [0.2, 0.25) is 0 Å². The number of hydrogen-bond donors (Lipinski definition) is 2. The van der Waals surface area contributed by atoms with Gasteiger partial charge in [-0.15, -0.1) is 0 Å². The van der Waals surface area contributed by atoms with E-state index < -0.39 is 11.7 Å². The number of benzene rings is 1. The van der Waals surface area contributed by atoms with E-state index >= 15 is 0 Å². The number of halogens is 1. The minimum absolute atomic E-state index is 0.0699. The second-order valence-electron chi connectivity index (χ2n) is 3.70. The molecule has 0 aromatic heterocycles. The van der Waals surface area contributed by atoms with Crippen LogP contribution in [-0.4, -0.2) is 30.8 Å². The van der Waals surface area contributed by atoms with E-state index in [9.17, 15) is 14.3 Å². The Kier molecular flexibility index (Phi) is 4.90. The number of carbonyl (C=O) groups excluding carboxylic acids is 1. The third-order valence-corrected chi connectivity index (χ3v) is 2.40. The van der Waals surface area contributed by atoms with Crippen molar-refractivity contribution < 1.29 is 19.0 Å². The van der Waals surface area contributed by atoms with Crippen LogP contribution in [0.5, 0.6) is 5.75 Å². The first-order valence-electron chi connectivity index (χ1n) is 5.36. The molecular weight excluding hydrogens is 225 g/mol. The number of carbonyl (C=O) groups is 1. The fraction of sp³-hybridized carbons (Fsp3) is 0.417. The molecule has 1 aromatic rings. The van der Waals surface area contributed by atoms with E-state index in [1.807, 2.05) is 6.92 Å². The predicted octanol–water partition coefficient (Wildman–Crippen LogP) is 1.69. The van der Waals surface area contributed by atoms with Crippen LogP contribution in [0.4, 0.5) is 4.39 Å². The third kappa shape index (κ3) is 3.71. The largest absolute Gasteiger partial charge is 0.507 e. The summed E-state index contributed by atoms with van der Waals surface area (Å²) in [5.74, 6) is -1.31. The van der Waals surface area contributed by atoms with Crippen LogP contribution >= 0.6 is 0 Å². The highest BCUT2D eigenvalue weighted by molar-refractivity contribution is 5.96. The summed E-state index contributed by atoms with van der Waals surface area (Å²) in [6.07, 6.45) is 0.690. The standard InChI is InChI=1S/C12H16FNO3/c1-3-9(7-17-2)14-12(16)10-6-8(13)4-5-11(10)15/h4-6,9,15H,3,7H2,1-2H3,(H,14,16). The second-order valence-corrected chi connectivity index (χ2v) is 3.70. The van der Waals surface area contributed by atoms with Gasteiger partial charge in [-0.1, -0.05) is 6.92 Å². The number of amides is 1. The zero-order valence-corrected chi connectivity index (χ0v) is 9.87. The summed E-state index contributed by atoms with van der Waals surface area (Å²) in [5.41, 5.74) is -0.0699. The van der Waals surface area contributed by atoms with Gasteiger partial charge in [0.2, 0.25) is 0 Å². The summed E-state index contributed by atoms with van der Waals surface area (Å²) >= 11 is 0. The molecule has 2 N–H and O–H groups in total. The van der Waals surface area contributed by atoms with E-state index in [1.54, 1.807) is 0 Å². The van der Waals surface area contributed by atoms with Crippen LogP contribution in [0.3, 0.4) is 0 Å². The Morgan fingerprint density at radius 3 is 2.88 bits per heavy atom. The summed E-state index contributed by atoms with van der Waals surface area (Å²) < 4.78 is 17.9. The van der Waals surface area contributed by atoms with Crippen molar-refractivity contribution in [3.05, 3.63) is 29.6 Å². The number of methoxy groups -OCH3 is 1. The second kappa shape index (κ2) is 6.20. The van der Waals surface area contributed by atoms with Gasteiger partial charge < -0.3 is 15.2 Å². The molecule has 4 nitrogen and oxygen atoms in total. The van der Waals surface area contributed by atoms with E-state index in [0.717, 1.165) is 18.2 Å². The Morgan fingerprint density at radius 2 is 2.29 bits per heavy atom. The van der Waals surface area contributed by atoms with Gasteiger partial charge in [0.15, 0.2) is 0 Å². The number of rotatable bonds is 5. The Balaban J connectivity index is 2.78. The van der Waals surface area contributed by atoms with Crippen LogP contribution in [0.1, 0.15) is 23.7 Å². The molecule has 0 heterocycles. The molecule has 0 aliphatic heterocycles. The van der Waals surface area contributed by atoms with Crippen molar-refractivity contribution in [2.24, 2.45) is 0 Å². The molecule has 0 aliphatic carbocycles. The van der Waals surface area contributed by atoms with Gasteiger partial charge in [0, 0.05) is 7.11 Å². The predicted molar refractivity (Wildman–Crippen MR) is 61.5 cm³/mol. The lowest BCUT2D eigenvalue weighted by atomic mass is 10.1. The molecule has 1 rings (SSSR count). The Labute approximate surface area is 99.4 Å². The molecule has 0 aliphatic rings. The van der Waals surface area contributed by atoms with E-state index in [0.29, 0.717) is 13.0 Å². The SMILES string of the molecule is CCC(COC)NC(=O)c1cc(F)ccc1O. The maximum atomic E-state index is 13.0. The molecular formula is C12H16FNO3. The van der Waals surface area contributed by atoms with Crippen molar-refractivity contribution in [1.82, 2.24) is 5.32 Å². The number of phenolic OH excluding ortho intramolecular Hbond substituents is 1. The summed E-state index contributed by atoms with van der Waals surface area (Å²) in [7, 11) is 1.54. The zero-order chi connectivity index (χ0) is 12.8. The average Bonchev–Trinajstić information content (AvgIpc) is 2.31. The van der Waals surface area contributed by atoms with Crippen molar-refractivity contribution in [2.75, 3.05) is 13.7 Å². The van der Waals surface area contributed by atoms with Crippen LogP contribution < -0.4 is 5.32 Å². The lowest BCUT2D eigenvalue weighted by Crippen LogP contribution is -2.37. The molecule has 0 radical (unpaired) electrons. The van der Waals surface area contributed by atoms with Crippen molar-refractivity contribution >= 4 is 5.91 Å². The van der Waals surface area contributed by atoms with E-state index in [2.05, 4.69) is 5.32 Å². The maximum Gasteiger partial charge on any atom is 0.255 e. The minimum Gasteiger partial charge on any atom is -0.507 e. The first-order chi connectivity index (χ1) is 8.08. The minimum atomic E-state index is -0.562. The molecule has 94 valence electrons. The third-order valence-electron chi connectivity index (χ3n) is 2.40. The fourth-order valence-electron chi connectivity index (χ4n) is 1.42. The molecule has 5 heteroatoms. The Bertz CT molecular complexity index is 395. The normalized spacial score (nSPS) is 12.2. The first kappa shape index (κ1) is 13.4. The Morgan fingerprint density at radius 1 is 1.59 bits per heavy atom. The summed E-state index contributed by atoms with van der Waals surface area (Å²) in [4.78, 5) is 11.8. The average molecular weight is 241 g/mol. The van der Waals surface area contributed by atoms with Crippen molar-refractivity contribution in [1.29, 1.82) is 0 Å². The topological polar surface area (TPSA) is 58.6 Å². The lowest BCUT2D eigenvalue weighted by Gasteiger charge is -2.16. The molecule has 0 fully saturated rings. The quantitative estimate of drug-likeness (QED) is 0.824. The van der Waals surface area contributed by atoms with Gasteiger partial charge in [0.25, 0.3) is 5.91 Å². The number of hydrogen-bond acceptors (Lipinski definition) is 3. The molecule has 0 saturated heterocycles. The lowest BCUT2D eigenvalue weighted by molar-refractivity contribution is 0.0891. The number of aromatic hydroxyl groups is 1. The summed E-state index contributed by atoms with van der Waals surface area (Å²) in [5, 5.41) is 12.1. The van der Waals surface area contributed by atoms with E-state index in [4.69, 9.17) is 4.74 Å². The van der Waals surface area contributed by atoms with E-state index in [1.165, 1.54) is 7.11 Å². The van der Waals surface area contributed by atoms with Crippen molar-refractivity contribution in [3.8, 4) is 5.75 Å². The number of phenols is 1. The Hall–Kier alpha value is -1.62. The number of nitrogens with one attached hydrogen (secondary N) is 1. The molecule has 1 aromatic carbocycles. The van der Waals surface area contributed by atoms with Crippen LogP contribution in [-0.2, 0) is 4.74 Å². The van der Waals surface area contributed by atoms with Gasteiger partial charge in [0.05, 0.1) is 18.2 Å². The van der Waals surface area contributed by atoms with Gasteiger partial charge in [0.1, 0.15) is 11.6 Å². The van der Waals surface area contributed by atoms with Crippen LogP contribution in [0.25, 0.3) is 0 Å². The first-order valence-corrected chi connectivity index (χ1v) is 5.36. The smallest absolute Gasteiger partial charge is 0.255 e. The molecule has 1 unspecified atom stereocenters. The zero-order valence-electron chi connectivity index (χ0n) is 9.87. The molecule has 0 spiro atoms. The van der Waals surface area contributed by atoms with Crippen molar-refractivity contribution in [2.45, 2.75) is 19.4 Å². The van der Waals surface area contributed by atoms with Crippen LogP contribution in [0.15, 0.2) is 18.2 Å². The fourth-order valence-corrected chi connectivity index (χ4v) is 1.42. The highest BCUT2D eigenvalue weighted by Crippen LogP contribution is 2.17. The highest BCUT2D eigenvalue weighted by atomic mass is 19.1.